The highest BCUT2D eigenvalue weighted by Gasteiger charge is 2.36. The van der Waals surface area contributed by atoms with Gasteiger partial charge in [-0.1, -0.05) is 5.16 Å². The lowest BCUT2D eigenvalue weighted by molar-refractivity contribution is -0.126. The van der Waals surface area contributed by atoms with Gasteiger partial charge >= 0.3 is 0 Å². The molecule has 1 fully saturated rings. The molecule has 1 atom stereocenters. The molecule has 2 amide bonds. The van der Waals surface area contributed by atoms with E-state index in [4.69, 9.17) is 4.52 Å². The molecule has 0 aliphatic carbocycles. The molecule has 2 rings (SSSR count). The van der Waals surface area contributed by atoms with E-state index in [1.165, 1.54) is 4.90 Å². The van der Waals surface area contributed by atoms with Gasteiger partial charge < -0.3 is 14.7 Å². The number of rotatable bonds is 5. The van der Waals surface area contributed by atoms with Crippen molar-refractivity contribution in [2.75, 3.05) is 38.6 Å². The van der Waals surface area contributed by atoms with Crippen LogP contribution in [0.15, 0.2) is 10.6 Å². The Morgan fingerprint density at radius 1 is 1.60 bits per heavy atom. The quantitative estimate of drug-likeness (QED) is 0.822. The number of carbonyl (C=O) groups is 2. The maximum Gasteiger partial charge on any atom is 0.229 e. The molecule has 0 spiro atoms. The molecule has 110 valence electrons. The predicted molar refractivity (Wildman–Crippen MR) is 73.3 cm³/mol. The van der Waals surface area contributed by atoms with Gasteiger partial charge in [0, 0.05) is 32.1 Å². The Hall–Kier alpha value is -1.89. The number of carbonyl (C=O) groups excluding carboxylic acids is 2. The molecule has 0 aromatic carbocycles. The van der Waals surface area contributed by atoms with E-state index in [0.717, 1.165) is 6.54 Å². The molecular weight excluding hydrogens is 260 g/mol. The lowest BCUT2D eigenvalue weighted by Gasteiger charge is -2.14. The van der Waals surface area contributed by atoms with Gasteiger partial charge in [0.05, 0.1) is 5.92 Å². The van der Waals surface area contributed by atoms with Crippen LogP contribution in [-0.2, 0) is 9.59 Å². The Balaban J connectivity index is 1.90. The van der Waals surface area contributed by atoms with Crippen molar-refractivity contribution in [3.05, 3.63) is 11.8 Å². The van der Waals surface area contributed by atoms with E-state index in [0.29, 0.717) is 24.7 Å². The average molecular weight is 280 g/mol. The third-order valence-corrected chi connectivity index (χ3v) is 3.25. The Morgan fingerprint density at radius 2 is 2.35 bits per heavy atom. The lowest BCUT2D eigenvalue weighted by atomic mass is 10.1. The number of nitrogens with one attached hydrogen (secondary N) is 1. The van der Waals surface area contributed by atoms with Crippen molar-refractivity contribution in [2.24, 2.45) is 5.92 Å². The fourth-order valence-electron chi connectivity index (χ4n) is 2.13. The smallest absolute Gasteiger partial charge is 0.229 e. The summed E-state index contributed by atoms with van der Waals surface area (Å²) in [5.41, 5.74) is 0. The summed E-state index contributed by atoms with van der Waals surface area (Å²) in [7, 11) is 3.89. The van der Waals surface area contributed by atoms with E-state index in [9.17, 15) is 9.59 Å². The van der Waals surface area contributed by atoms with Crippen LogP contribution < -0.4 is 10.2 Å². The number of nitrogens with zero attached hydrogens (tertiary/aromatic N) is 3. The van der Waals surface area contributed by atoms with Crippen molar-refractivity contribution >= 4 is 17.6 Å². The minimum absolute atomic E-state index is 0.0806. The molecule has 20 heavy (non-hydrogen) atoms. The third-order valence-electron chi connectivity index (χ3n) is 3.25. The number of likely N-dealkylation sites (N-methyl/N-ethyl adjacent to an activating group) is 1. The Labute approximate surface area is 117 Å². The number of hydrogen-bond donors (Lipinski definition) is 1. The summed E-state index contributed by atoms with van der Waals surface area (Å²) in [6.45, 7) is 3.49. The van der Waals surface area contributed by atoms with Crippen LogP contribution >= 0.6 is 0 Å². The maximum atomic E-state index is 12.0. The third kappa shape index (κ3) is 3.36. The largest absolute Gasteiger partial charge is 0.360 e. The van der Waals surface area contributed by atoms with Crippen molar-refractivity contribution < 1.29 is 14.1 Å². The molecule has 7 heteroatoms. The summed E-state index contributed by atoms with van der Waals surface area (Å²) < 4.78 is 4.96. The minimum Gasteiger partial charge on any atom is -0.360 e. The van der Waals surface area contributed by atoms with Crippen LogP contribution in [0.4, 0.5) is 5.82 Å². The topological polar surface area (TPSA) is 78.7 Å². The van der Waals surface area contributed by atoms with Gasteiger partial charge in [0.15, 0.2) is 5.82 Å². The first kappa shape index (κ1) is 14.5. The van der Waals surface area contributed by atoms with Gasteiger partial charge in [-0.2, -0.15) is 0 Å². The summed E-state index contributed by atoms with van der Waals surface area (Å²) in [5, 5.41) is 6.67. The van der Waals surface area contributed by atoms with Crippen LogP contribution in [0.25, 0.3) is 0 Å². The summed E-state index contributed by atoms with van der Waals surface area (Å²) in [4.78, 5) is 27.4. The zero-order valence-corrected chi connectivity index (χ0v) is 12.0. The molecule has 2 heterocycles. The van der Waals surface area contributed by atoms with Gasteiger partial charge in [0.1, 0.15) is 5.76 Å². The maximum absolute atomic E-state index is 12.0. The predicted octanol–water partition coefficient (Wildman–Crippen LogP) is 0.0137. The van der Waals surface area contributed by atoms with Crippen molar-refractivity contribution in [3.8, 4) is 0 Å². The highest BCUT2D eigenvalue weighted by Crippen LogP contribution is 2.24. The van der Waals surface area contributed by atoms with Crippen LogP contribution in [0, 0.1) is 12.8 Å². The van der Waals surface area contributed by atoms with Crippen LogP contribution in [0.1, 0.15) is 12.2 Å². The van der Waals surface area contributed by atoms with Gasteiger partial charge in [-0.15, -0.1) is 0 Å². The molecule has 0 bridgehead atoms. The molecule has 0 saturated carbocycles. The standard InChI is InChI=1S/C13H20N4O3/c1-9-6-11(15-20-9)17-8-10(7-12(17)18)13(19)14-4-5-16(2)3/h6,10H,4-5,7-8H2,1-3H3,(H,14,19). The normalized spacial score (nSPS) is 18.9. The number of hydrogen-bond acceptors (Lipinski definition) is 5. The Bertz CT molecular complexity index is 498. The first-order valence-corrected chi connectivity index (χ1v) is 6.63. The number of amides is 2. The fraction of sp³-hybridized carbons (Fsp3) is 0.615. The van der Waals surface area contributed by atoms with E-state index >= 15 is 0 Å². The van der Waals surface area contributed by atoms with E-state index in [1.54, 1.807) is 13.0 Å². The molecule has 1 aliphatic rings. The van der Waals surface area contributed by atoms with Gasteiger partial charge in [-0.25, -0.2) is 0 Å². The summed E-state index contributed by atoms with van der Waals surface area (Å²) in [5.74, 6) is 0.637. The van der Waals surface area contributed by atoms with Crippen LogP contribution in [0.3, 0.4) is 0 Å². The average Bonchev–Trinajstić information content (AvgIpc) is 2.94. The highest BCUT2D eigenvalue weighted by atomic mass is 16.5. The molecule has 0 radical (unpaired) electrons. The molecule has 1 saturated heterocycles. The number of aromatic nitrogens is 1. The van der Waals surface area contributed by atoms with Crippen LogP contribution in [-0.4, -0.2) is 55.6 Å². The lowest BCUT2D eigenvalue weighted by Crippen LogP contribution is -2.36. The minimum atomic E-state index is -0.318. The van der Waals surface area contributed by atoms with Crippen molar-refractivity contribution in [3.63, 3.8) is 0 Å². The van der Waals surface area contributed by atoms with E-state index < -0.39 is 0 Å². The van der Waals surface area contributed by atoms with Gasteiger partial charge in [0.25, 0.3) is 0 Å². The second-order valence-electron chi connectivity index (χ2n) is 5.30. The zero-order valence-electron chi connectivity index (χ0n) is 12.0. The zero-order chi connectivity index (χ0) is 14.7. The van der Waals surface area contributed by atoms with Gasteiger partial charge in [-0.05, 0) is 21.0 Å². The summed E-state index contributed by atoms with van der Waals surface area (Å²) in [6, 6.07) is 1.70. The fourth-order valence-corrected chi connectivity index (χ4v) is 2.13. The summed E-state index contributed by atoms with van der Waals surface area (Å²) in [6.07, 6.45) is 0.222. The monoisotopic (exact) mass is 280 g/mol. The second kappa shape index (κ2) is 6.04. The van der Waals surface area contributed by atoms with Crippen LogP contribution in [0.5, 0.6) is 0 Å². The van der Waals surface area contributed by atoms with E-state index in [1.807, 2.05) is 19.0 Å². The van der Waals surface area contributed by atoms with E-state index in [-0.39, 0.29) is 24.2 Å². The van der Waals surface area contributed by atoms with Gasteiger partial charge in [-0.3, -0.25) is 14.5 Å². The van der Waals surface area contributed by atoms with Gasteiger partial charge in [0.2, 0.25) is 11.8 Å². The molecule has 1 aromatic rings. The second-order valence-corrected chi connectivity index (χ2v) is 5.30. The first-order valence-electron chi connectivity index (χ1n) is 6.63. The molecule has 1 N–H and O–H groups in total. The van der Waals surface area contributed by atoms with Crippen LogP contribution in [0.2, 0.25) is 0 Å². The molecule has 7 nitrogen and oxygen atoms in total. The Morgan fingerprint density at radius 3 is 2.95 bits per heavy atom. The van der Waals surface area contributed by atoms with Crippen molar-refractivity contribution in [1.29, 1.82) is 0 Å². The molecule has 1 aliphatic heterocycles. The number of aryl methyl sites for hydroxylation is 1. The SMILES string of the molecule is Cc1cc(N2CC(C(=O)NCCN(C)C)CC2=O)no1. The molecular formula is C13H20N4O3. The van der Waals surface area contributed by atoms with Crippen molar-refractivity contribution in [1.82, 2.24) is 15.4 Å². The summed E-state index contributed by atoms with van der Waals surface area (Å²) >= 11 is 0. The highest BCUT2D eigenvalue weighted by molar-refractivity contribution is 5.99. The first-order chi connectivity index (χ1) is 9.47. The number of anilines is 1. The van der Waals surface area contributed by atoms with Crippen molar-refractivity contribution in [2.45, 2.75) is 13.3 Å². The molecule has 1 unspecified atom stereocenters. The Kier molecular flexibility index (Phi) is 4.39. The molecule has 1 aromatic heterocycles. The van der Waals surface area contributed by atoms with E-state index in [2.05, 4.69) is 10.5 Å².